The van der Waals surface area contributed by atoms with Gasteiger partial charge in [-0.2, -0.15) is 0 Å². The van der Waals surface area contributed by atoms with Gasteiger partial charge in [-0.1, -0.05) is 24.3 Å². The number of benzene rings is 2. The molecule has 7 heteroatoms. The first-order chi connectivity index (χ1) is 14.2. The van der Waals surface area contributed by atoms with Crippen LogP contribution >= 0.6 is 11.8 Å². The van der Waals surface area contributed by atoms with E-state index in [0.717, 1.165) is 39.1 Å². The van der Waals surface area contributed by atoms with Gasteiger partial charge in [-0.3, -0.25) is 19.3 Å². The second-order valence-electron chi connectivity index (χ2n) is 7.30. The van der Waals surface area contributed by atoms with Gasteiger partial charge < -0.3 is 10.1 Å². The highest BCUT2D eigenvalue weighted by atomic mass is 32.2. The number of hydrogen-bond donors (Lipinski definition) is 1. The van der Waals surface area contributed by atoms with Crippen molar-refractivity contribution in [2.45, 2.75) is 33.8 Å². The van der Waals surface area contributed by atoms with Crippen LogP contribution in [-0.2, 0) is 9.59 Å². The fourth-order valence-electron chi connectivity index (χ4n) is 2.92. The largest absolute Gasteiger partial charge is 0.491 e. The molecule has 2 aromatic carbocycles. The van der Waals surface area contributed by atoms with E-state index >= 15 is 0 Å². The maximum Gasteiger partial charge on any atom is 0.294 e. The third-order valence-corrected chi connectivity index (χ3v) is 5.51. The van der Waals surface area contributed by atoms with Crippen LogP contribution in [0.15, 0.2) is 47.4 Å². The summed E-state index contributed by atoms with van der Waals surface area (Å²) in [6.07, 6.45) is 1.72. The van der Waals surface area contributed by atoms with E-state index in [0.29, 0.717) is 5.69 Å². The van der Waals surface area contributed by atoms with Crippen molar-refractivity contribution in [2.75, 3.05) is 11.9 Å². The van der Waals surface area contributed by atoms with E-state index < -0.39 is 17.1 Å². The van der Waals surface area contributed by atoms with Gasteiger partial charge in [0.25, 0.3) is 11.1 Å². The summed E-state index contributed by atoms with van der Waals surface area (Å²) < 4.78 is 5.60. The number of carbonyl (C=O) groups excluding carboxylic acids is 3. The van der Waals surface area contributed by atoms with Gasteiger partial charge in [0.1, 0.15) is 12.3 Å². The smallest absolute Gasteiger partial charge is 0.294 e. The summed E-state index contributed by atoms with van der Waals surface area (Å²) in [5.74, 6) is -0.149. The van der Waals surface area contributed by atoms with Crippen LogP contribution in [0.2, 0.25) is 0 Å². The number of thioether (sulfide) groups is 1. The van der Waals surface area contributed by atoms with Gasteiger partial charge in [-0.15, -0.1) is 0 Å². The molecule has 0 aliphatic carbocycles. The summed E-state index contributed by atoms with van der Waals surface area (Å²) in [6.45, 7) is 7.43. The minimum absolute atomic E-state index is 0.0714. The molecule has 1 saturated heterocycles. The number of carbonyl (C=O) groups is 3. The van der Waals surface area contributed by atoms with Crippen LogP contribution in [0.4, 0.5) is 10.5 Å². The molecule has 30 heavy (non-hydrogen) atoms. The Hall–Kier alpha value is -3.06. The van der Waals surface area contributed by atoms with E-state index in [4.69, 9.17) is 4.74 Å². The van der Waals surface area contributed by atoms with Crippen molar-refractivity contribution >= 4 is 40.6 Å². The number of nitrogens with zero attached hydrogens (tertiary/aromatic N) is 1. The van der Waals surface area contributed by atoms with E-state index in [1.54, 1.807) is 12.1 Å². The zero-order valence-electron chi connectivity index (χ0n) is 17.4. The second kappa shape index (κ2) is 9.17. The van der Waals surface area contributed by atoms with Crippen molar-refractivity contribution in [3.8, 4) is 5.75 Å². The van der Waals surface area contributed by atoms with Crippen molar-refractivity contribution in [3.05, 3.63) is 64.1 Å². The van der Waals surface area contributed by atoms with Crippen LogP contribution in [0, 0.1) is 13.8 Å². The van der Waals surface area contributed by atoms with E-state index in [-0.39, 0.29) is 17.6 Å². The van der Waals surface area contributed by atoms with E-state index in [1.165, 1.54) is 0 Å². The molecule has 0 radical (unpaired) electrons. The average Bonchev–Trinajstić information content (AvgIpc) is 2.94. The summed E-state index contributed by atoms with van der Waals surface area (Å²) in [4.78, 5) is 38.6. The molecule has 0 atom stereocenters. The molecule has 1 fully saturated rings. The van der Waals surface area contributed by atoms with Crippen molar-refractivity contribution in [1.82, 2.24) is 4.90 Å². The van der Waals surface area contributed by atoms with E-state index in [2.05, 4.69) is 5.32 Å². The van der Waals surface area contributed by atoms with E-state index in [1.807, 2.05) is 64.1 Å². The third-order valence-electron chi connectivity index (χ3n) is 4.60. The summed E-state index contributed by atoms with van der Waals surface area (Å²) in [7, 11) is 0. The Morgan fingerprint density at radius 1 is 1.13 bits per heavy atom. The van der Waals surface area contributed by atoms with Gasteiger partial charge in [0.05, 0.1) is 11.0 Å². The molecular weight excluding hydrogens is 400 g/mol. The highest BCUT2D eigenvalue weighted by Crippen LogP contribution is 2.32. The van der Waals surface area contributed by atoms with Crippen molar-refractivity contribution in [1.29, 1.82) is 0 Å². The molecule has 1 aliphatic rings. The van der Waals surface area contributed by atoms with Crippen LogP contribution in [0.25, 0.3) is 6.08 Å². The molecule has 0 bridgehead atoms. The first-order valence-electron chi connectivity index (χ1n) is 9.62. The Kier molecular flexibility index (Phi) is 6.62. The lowest BCUT2D eigenvalue weighted by Gasteiger charge is -2.14. The zero-order valence-corrected chi connectivity index (χ0v) is 18.2. The molecule has 1 heterocycles. The molecule has 1 aliphatic heterocycles. The van der Waals surface area contributed by atoms with E-state index in [9.17, 15) is 14.4 Å². The minimum Gasteiger partial charge on any atom is -0.491 e. The zero-order chi connectivity index (χ0) is 21.8. The first kappa shape index (κ1) is 21.6. The summed E-state index contributed by atoms with van der Waals surface area (Å²) >= 11 is 0.833. The molecule has 1 N–H and O–H groups in total. The Morgan fingerprint density at radius 2 is 1.83 bits per heavy atom. The van der Waals surface area contributed by atoms with Crippen LogP contribution in [0.3, 0.4) is 0 Å². The molecular formula is C23H24N2O4S. The van der Waals surface area contributed by atoms with Crippen LogP contribution < -0.4 is 10.1 Å². The average molecular weight is 425 g/mol. The topological polar surface area (TPSA) is 75.7 Å². The highest BCUT2D eigenvalue weighted by molar-refractivity contribution is 8.18. The molecule has 0 spiro atoms. The fourth-order valence-corrected chi connectivity index (χ4v) is 3.76. The van der Waals surface area contributed by atoms with Crippen LogP contribution in [-0.4, -0.2) is 34.6 Å². The minimum atomic E-state index is -0.469. The summed E-state index contributed by atoms with van der Waals surface area (Å²) in [5, 5.41) is 2.32. The number of ether oxygens (including phenoxy) is 1. The van der Waals surface area contributed by atoms with Crippen molar-refractivity contribution in [2.24, 2.45) is 0 Å². The molecule has 0 aromatic heterocycles. The Bertz CT molecular complexity index is 1010. The number of hydrogen-bond acceptors (Lipinski definition) is 5. The number of amides is 3. The van der Waals surface area contributed by atoms with Crippen molar-refractivity contribution in [3.63, 3.8) is 0 Å². The lowest BCUT2D eigenvalue weighted by molar-refractivity contribution is -0.127. The summed E-state index contributed by atoms with van der Waals surface area (Å²) in [5.41, 5.74) is 3.44. The first-order valence-corrected chi connectivity index (χ1v) is 10.4. The molecule has 3 amide bonds. The maximum atomic E-state index is 12.7. The second-order valence-corrected chi connectivity index (χ2v) is 8.29. The molecule has 0 unspecified atom stereocenters. The highest BCUT2D eigenvalue weighted by Gasteiger charge is 2.36. The number of anilines is 1. The van der Waals surface area contributed by atoms with Crippen molar-refractivity contribution < 1.29 is 19.1 Å². The molecule has 2 aromatic rings. The Morgan fingerprint density at radius 3 is 2.50 bits per heavy atom. The van der Waals surface area contributed by atoms with Gasteiger partial charge >= 0.3 is 0 Å². The third kappa shape index (κ3) is 5.10. The van der Waals surface area contributed by atoms with Gasteiger partial charge in [-0.25, -0.2) is 0 Å². The lowest BCUT2D eigenvalue weighted by Crippen LogP contribution is -2.36. The molecule has 3 rings (SSSR count). The molecule has 6 nitrogen and oxygen atoms in total. The number of nitrogens with one attached hydrogen (secondary N) is 1. The lowest BCUT2D eigenvalue weighted by atomic mass is 10.1. The Labute approximate surface area is 180 Å². The normalized spacial score (nSPS) is 15.2. The van der Waals surface area contributed by atoms with Crippen LogP contribution in [0.5, 0.6) is 5.75 Å². The Balaban J connectivity index is 1.67. The fraction of sp³-hybridized carbons (Fsp3) is 0.261. The molecule has 0 saturated carbocycles. The van der Waals surface area contributed by atoms with Gasteiger partial charge in [0, 0.05) is 5.69 Å². The number of aryl methyl sites for hydroxylation is 1. The number of imide groups is 1. The van der Waals surface area contributed by atoms with Gasteiger partial charge in [0.15, 0.2) is 0 Å². The quantitative estimate of drug-likeness (QED) is 0.677. The number of rotatable bonds is 6. The predicted molar refractivity (Wildman–Crippen MR) is 119 cm³/mol. The van der Waals surface area contributed by atoms with Gasteiger partial charge in [-0.05, 0) is 80.4 Å². The molecule has 156 valence electrons. The van der Waals surface area contributed by atoms with Crippen LogP contribution in [0.1, 0.15) is 30.5 Å². The van der Waals surface area contributed by atoms with Gasteiger partial charge in [0.2, 0.25) is 5.91 Å². The SMILES string of the molecule is Cc1cccc(NC(=O)CN2C(=O)S/C(=C\c3ccc(OC(C)C)cc3)C2=O)c1C. The predicted octanol–water partition coefficient (Wildman–Crippen LogP) is 4.77. The maximum absolute atomic E-state index is 12.7. The monoisotopic (exact) mass is 424 g/mol. The summed E-state index contributed by atoms with van der Waals surface area (Å²) in [6, 6.07) is 12.9. The standard InChI is InChI=1S/C23H24N2O4S/c1-14(2)29-18-10-8-17(9-11-18)12-20-22(27)25(23(28)30-20)13-21(26)24-19-7-5-6-15(3)16(19)4/h5-12,14H,13H2,1-4H3,(H,24,26)/b20-12-.